The smallest absolute Gasteiger partial charge is 0.101 e. The molecule has 2 rings (SSSR count). The van der Waals surface area contributed by atoms with E-state index in [0.29, 0.717) is 12.1 Å². The molecular formula is C14H15BrN4. The van der Waals surface area contributed by atoms with Gasteiger partial charge in [-0.15, -0.1) is 0 Å². The Morgan fingerprint density at radius 3 is 2.84 bits per heavy atom. The number of aryl methyl sites for hydroxylation is 2. The topological polar surface area (TPSA) is 53.6 Å². The minimum atomic E-state index is 0.640. The molecule has 0 aliphatic rings. The van der Waals surface area contributed by atoms with Gasteiger partial charge in [-0.05, 0) is 30.7 Å². The third-order valence-corrected chi connectivity index (χ3v) is 3.44. The van der Waals surface area contributed by atoms with Crippen molar-refractivity contribution in [2.24, 2.45) is 7.05 Å². The number of nitrogens with zero attached hydrogens (tertiary/aromatic N) is 3. The van der Waals surface area contributed by atoms with Crippen molar-refractivity contribution in [1.82, 2.24) is 9.78 Å². The number of aromatic nitrogens is 2. The molecule has 2 aromatic rings. The van der Waals surface area contributed by atoms with Gasteiger partial charge in [0.1, 0.15) is 6.07 Å². The summed E-state index contributed by atoms with van der Waals surface area (Å²) < 4.78 is 2.82. The molecule has 0 spiro atoms. The van der Waals surface area contributed by atoms with Gasteiger partial charge in [-0.2, -0.15) is 10.4 Å². The number of rotatable bonds is 4. The summed E-state index contributed by atoms with van der Waals surface area (Å²) in [6.45, 7) is 2.73. The van der Waals surface area contributed by atoms with Crippen molar-refractivity contribution in [3.63, 3.8) is 0 Å². The van der Waals surface area contributed by atoms with Gasteiger partial charge in [-0.25, -0.2) is 0 Å². The molecule has 0 aliphatic heterocycles. The summed E-state index contributed by atoms with van der Waals surface area (Å²) in [5, 5.41) is 16.8. The molecule has 0 aliphatic carbocycles. The molecule has 19 heavy (non-hydrogen) atoms. The highest BCUT2D eigenvalue weighted by Crippen LogP contribution is 2.21. The Morgan fingerprint density at radius 1 is 1.42 bits per heavy atom. The van der Waals surface area contributed by atoms with E-state index in [0.717, 1.165) is 28.0 Å². The van der Waals surface area contributed by atoms with E-state index in [4.69, 9.17) is 5.26 Å². The highest BCUT2D eigenvalue weighted by atomic mass is 79.9. The number of nitriles is 1. The highest BCUT2D eigenvalue weighted by Gasteiger charge is 2.06. The Morgan fingerprint density at radius 2 is 2.21 bits per heavy atom. The Kier molecular flexibility index (Phi) is 4.23. The molecule has 0 atom stereocenters. The van der Waals surface area contributed by atoms with Crippen molar-refractivity contribution in [1.29, 1.82) is 5.26 Å². The third-order valence-electron chi connectivity index (χ3n) is 2.95. The molecule has 4 nitrogen and oxygen atoms in total. The number of hydrogen-bond donors (Lipinski definition) is 1. The summed E-state index contributed by atoms with van der Waals surface area (Å²) in [7, 11) is 1.93. The number of benzene rings is 1. The lowest BCUT2D eigenvalue weighted by Gasteiger charge is -2.08. The van der Waals surface area contributed by atoms with Crippen LogP contribution in [0.5, 0.6) is 0 Å². The van der Waals surface area contributed by atoms with Gasteiger partial charge < -0.3 is 5.32 Å². The van der Waals surface area contributed by atoms with Crippen molar-refractivity contribution >= 4 is 21.6 Å². The average Bonchev–Trinajstić information content (AvgIpc) is 2.77. The van der Waals surface area contributed by atoms with Crippen LogP contribution in [-0.2, 0) is 20.0 Å². The minimum absolute atomic E-state index is 0.640. The molecule has 98 valence electrons. The van der Waals surface area contributed by atoms with Crippen LogP contribution in [0, 0.1) is 11.3 Å². The van der Waals surface area contributed by atoms with E-state index in [2.05, 4.69) is 45.4 Å². The van der Waals surface area contributed by atoms with Crippen molar-refractivity contribution in [3.8, 4) is 6.07 Å². The second-order valence-corrected chi connectivity index (χ2v) is 5.18. The van der Waals surface area contributed by atoms with Crippen LogP contribution in [0.2, 0.25) is 0 Å². The number of nitrogens with one attached hydrogen (secondary N) is 1. The molecule has 1 heterocycles. The normalized spacial score (nSPS) is 10.2. The monoisotopic (exact) mass is 318 g/mol. The maximum atomic E-state index is 9.08. The maximum Gasteiger partial charge on any atom is 0.101 e. The van der Waals surface area contributed by atoms with Gasteiger partial charge in [0.25, 0.3) is 0 Å². The zero-order chi connectivity index (χ0) is 13.8. The van der Waals surface area contributed by atoms with Crippen molar-refractivity contribution < 1.29 is 0 Å². The predicted octanol–water partition coefficient (Wildman–Crippen LogP) is 3.23. The van der Waals surface area contributed by atoms with Gasteiger partial charge in [0, 0.05) is 11.5 Å². The quantitative estimate of drug-likeness (QED) is 0.941. The lowest BCUT2D eigenvalue weighted by Crippen LogP contribution is -2.06. The Labute approximate surface area is 121 Å². The zero-order valence-corrected chi connectivity index (χ0v) is 12.5. The van der Waals surface area contributed by atoms with Gasteiger partial charge in [-0.3, -0.25) is 4.68 Å². The standard InChI is InChI=1S/C14H15BrN4/c1-3-12-7-13(19(2)18-12)9-17-14-6-11(15)5-4-10(14)8-16/h4-7,17H,3,9H2,1-2H3. The first-order chi connectivity index (χ1) is 9.13. The van der Waals surface area contributed by atoms with E-state index in [9.17, 15) is 0 Å². The average molecular weight is 319 g/mol. The van der Waals surface area contributed by atoms with Gasteiger partial charge in [0.15, 0.2) is 0 Å². The molecule has 1 N–H and O–H groups in total. The highest BCUT2D eigenvalue weighted by molar-refractivity contribution is 9.10. The van der Waals surface area contributed by atoms with Crippen LogP contribution in [0.15, 0.2) is 28.7 Å². The molecule has 0 amide bonds. The number of hydrogen-bond acceptors (Lipinski definition) is 3. The molecule has 0 radical (unpaired) electrons. The molecule has 0 saturated carbocycles. The van der Waals surface area contributed by atoms with E-state index in [1.165, 1.54) is 0 Å². The maximum absolute atomic E-state index is 9.08. The van der Waals surface area contributed by atoms with Crippen LogP contribution in [0.4, 0.5) is 5.69 Å². The molecule has 5 heteroatoms. The predicted molar refractivity (Wildman–Crippen MR) is 78.8 cm³/mol. The summed E-state index contributed by atoms with van der Waals surface area (Å²) in [4.78, 5) is 0. The summed E-state index contributed by atoms with van der Waals surface area (Å²) in [5.41, 5.74) is 3.65. The zero-order valence-electron chi connectivity index (χ0n) is 10.9. The molecule has 0 bridgehead atoms. The van der Waals surface area contributed by atoms with Crippen LogP contribution >= 0.6 is 15.9 Å². The van der Waals surface area contributed by atoms with E-state index in [-0.39, 0.29) is 0 Å². The fourth-order valence-corrected chi connectivity index (χ4v) is 2.22. The lowest BCUT2D eigenvalue weighted by atomic mass is 10.2. The number of halogens is 1. The largest absolute Gasteiger partial charge is 0.378 e. The Bertz CT molecular complexity index is 625. The fraction of sp³-hybridized carbons (Fsp3) is 0.286. The van der Waals surface area contributed by atoms with Crippen LogP contribution in [0.25, 0.3) is 0 Å². The molecule has 1 aromatic heterocycles. The first-order valence-electron chi connectivity index (χ1n) is 6.09. The Hall–Kier alpha value is -1.80. The summed E-state index contributed by atoms with van der Waals surface area (Å²) in [6.07, 6.45) is 0.925. The first-order valence-corrected chi connectivity index (χ1v) is 6.88. The number of anilines is 1. The summed E-state index contributed by atoms with van der Waals surface area (Å²) in [5.74, 6) is 0. The first kappa shape index (κ1) is 13.6. The van der Waals surface area contributed by atoms with Crippen LogP contribution in [0.1, 0.15) is 23.9 Å². The fourth-order valence-electron chi connectivity index (χ4n) is 1.86. The van der Waals surface area contributed by atoms with Gasteiger partial charge in [-0.1, -0.05) is 22.9 Å². The third kappa shape index (κ3) is 3.15. The second kappa shape index (κ2) is 5.89. The van der Waals surface area contributed by atoms with Gasteiger partial charge in [0.2, 0.25) is 0 Å². The van der Waals surface area contributed by atoms with Gasteiger partial charge in [0.05, 0.1) is 29.2 Å². The van der Waals surface area contributed by atoms with Gasteiger partial charge >= 0.3 is 0 Å². The molecule has 0 unspecified atom stereocenters. The summed E-state index contributed by atoms with van der Waals surface area (Å²) in [6, 6.07) is 9.84. The van der Waals surface area contributed by atoms with E-state index < -0.39 is 0 Å². The van der Waals surface area contributed by atoms with Crippen LogP contribution < -0.4 is 5.32 Å². The van der Waals surface area contributed by atoms with E-state index in [1.54, 1.807) is 6.07 Å². The minimum Gasteiger partial charge on any atom is -0.378 e. The second-order valence-electron chi connectivity index (χ2n) is 4.26. The van der Waals surface area contributed by atoms with Crippen molar-refractivity contribution in [2.45, 2.75) is 19.9 Å². The molecule has 0 saturated heterocycles. The van der Waals surface area contributed by atoms with Crippen LogP contribution in [0.3, 0.4) is 0 Å². The SMILES string of the molecule is CCc1cc(CNc2cc(Br)ccc2C#N)n(C)n1. The van der Waals surface area contributed by atoms with Crippen LogP contribution in [-0.4, -0.2) is 9.78 Å². The summed E-state index contributed by atoms with van der Waals surface area (Å²) >= 11 is 3.41. The van der Waals surface area contributed by atoms with E-state index >= 15 is 0 Å². The molecular weight excluding hydrogens is 304 g/mol. The van der Waals surface area contributed by atoms with Crippen molar-refractivity contribution in [2.75, 3.05) is 5.32 Å². The van der Waals surface area contributed by atoms with Crippen molar-refractivity contribution in [3.05, 3.63) is 45.7 Å². The Balaban J connectivity index is 2.16. The molecule has 1 aromatic carbocycles. The lowest BCUT2D eigenvalue weighted by molar-refractivity contribution is 0.707. The molecule has 0 fully saturated rings. The van der Waals surface area contributed by atoms with E-state index in [1.807, 2.05) is 23.9 Å².